The molecule has 0 aromatic heterocycles. The summed E-state index contributed by atoms with van der Waals surface area (Å²) < 4.78 is 16.1. The Labute approximate surface area is 129 Å². The third-order valence-corrected chi connectivity index (χ3v) is 3.40. The van der Waals surface area contributed by atoms with E-state index in [9.17, 15) is 4.79 Å². The third kappa shape index (κ3) is 2.83. The molecular formula is C17H19NO4. The summed E-state index contributed by atoms with van der Waals surface area (Å²) in [6, 6.07) is 9.03. The van der Waals surface area contributed by atoms with Crippen molar-refractivity contribution in [2.24, 2.45) is 5.73 Å². The quantitative estimate of drug-likeness (QED) is 0.922. The van der Waals surface area contributed by atoms with Gasteiger partial charge in [0.1, 0.15) is 17.2 Å². The van der Waals surface area contributed by atoms with Crippen LogP contribution in [-0.2, 0) is 0 Å². The highest BCUT2D eigenvalue weighted by atomic mass is 16.5. The number of carbonyl (C=O) groups excluding carboxylic acids is 1. The minimum atomic E-state index is -0.552. The summed E-state index contributed by atoms with van der Waals surface area (Å²) in [6.45, 7) is 1.96. The fourth-order valence-electron chi connectivity index (χ4n) is 2.38. The van der Waals surface area contributed by atoms with E-state index in [2.05, 4.69) is 0 Å². The molecular weight excluding hydrogens is 282 g/mol. The SMILES string of the molecule is COc1ccc(-c2c(OC)cc(C)cc2OC)cc1C(N)=O. The lowest BCUT2D eigenvalue weighted by atomic mass is 9.98. The van der Waals surface area contributed by atoms with E-state index >= 15 is 0 Å². The molecule has 0 fully saturated rings. The van der Waals surface area contributed by atoms with E-state index in [-0.39, 0.29) is 0 Å². The second kappa shape index (κ2) is 6.39. The molecule has 0 aliphatic heterocycles. The number of rotatable bonds is 5. The van der Waals surface area contributed by atoms with Gasteiger partial charge in [0.15, 0.2) is 0 Å². The molecule has 116 valence electrons. The molecule has 1 amide bonds. The number of ether oxygens (including phenoxy) is 3. The van der Waals surface area contributed by atoms with Gasteiger partial charge in [0.2, 0.25) is 0 Å². The van der Waals surface area contributed by atoms with Crippen molar-refractivity contribution in [3.05, 3.63) is 41.5 Å². The van der Waals surface area contributed by atoms with E-state index in [0.717, 1.165) is 16.7 Å². The predicted molar refractivity (Wildman–Crippen MR) is 84.8 cm³/mol. The molecule has 0 heterocycles. The first-order chi connectivity index (χ1) is 10.5. The summed E-state index contributed by atoms with van der Waals surface area (Å²) in [5.41, 5.74) is 8.28. The van der Waals surface area contributed by atoms with Crippen LogP contribution in [0.2, 0.25) is 0 Å². The monoisotopic (exact) mass is 301 g/mol. The molecule has 22 heavy (non-hydrogen) atoms. The molecule has 0 radical (unpaired) electrons. The highest BCUT2D eigenvalue weighted by molar-refractivity contribution is 5.97. The zero-order valence-corrected chi connectivity index (χ0v) is 13.1. The first-order valence-corrected chi connectivity index (χ1v) is 6.72. The topological polar surface area (TPSA) is 70.8 Å². The van der Waals surface area contributed by atoms with Crippen molar-refractivity contribution >= 4 is 5.91 Å². The normalized spacial score (nSPS) is 10.2. The Morgan fingerprint density at radius 3 is 1.91 bits per heavy atom. The van der Waals surface area contributed by atoms with Crippen LogP contribution < -0.4 is 19.9 Å². The maximum atomic E-state index is 11.6. The molecule has 0 atom stereocenters. The van der Waals surface area contributed by atoms with Crippen LogP contribution in [0.1, 0.15) is 15.9 Å². The van der Waals surface area contributed by atoms with Gasteiger partial charge in [-0.15, -0.1) is 0 Å². The molecule has 0 saturated heterocycles. The Morgan fingerprint density at radius 1 is 0.909 bits per heavy atom. The summed E-state index contributed by atoms with van der Waals surface area (Å²) in [6.07, 6.45) is 0. The van der Waals surface area contributed by atoms with E-state index in [4.69, 9.17) is 19.9 Å². The van der Waals surface area contributed by atoms with Crippen LogP contribution in [0.25, 0.3) is 11.1 Å². The van der Waals surface area contributed by atoms with Crippen LogP contribution in [-0.4, -0.2) is 27.2 Å². The Bertz CT molecular complexity index is 685. The molecule has 0 bridgehead atoms. The van der Waals surface area contributed by atoms with Gasteiger partial charge in [0, 0.05) is 0 Å². The molecule has 0 unspecified atom stereocenters. The highest BCUT2D eigenvalue weighted by Crippen LogP contribution is 2.40. The minimum absolute atomic E-state index is 0.310. The zero-order chi connectivity index (χ0) is 16.3. The van der Waals surface area contributed by atoms with Crippen LogP contribution in [0.5, 0.6) is 17.2 Å². The molecule has 2 aromatic rings. The molecule has 0 spiro atoms. The molecule has 2 rings (SSSR count). The fraction of sp³-hybridized carbons (Fsp3) is 0.235. The molecule has 2 aromatic carbocycles. The number of methoxy groups -OCH3 is 3. The van der Waals surface area contributed by atoms with Gasteiger partial charge in [0.25, 0.3) is 5.91 Å². The number of amides is 1. The first-order valence-electron chi connectivity index (χ1n) is 6.72. The molecule has 5 nitrogen and oxygen atoms in total. The summed E-state index contributed by atoms with van der Waals surface area (Å²) in [4.78, 5) is 11.6. The van der Waals surface area contributed by atoms with Crippen molar-refractivity contribution < 1.29 is 19.0 Å². The molecule has 0 aliphatic carbocycles. The van der Waals surface area contributed by atoms with Crippen LogP contribution in [0.4, 0.5) is 0 Å². The van der Waals surface area contributed by atoms with Crippen molar-refractivity contribution in [2.75, 3.05) is 21.3 Å². The molecule has 0 aliphatic rings. The van der Waals surface area contributed by atoms with E-state index in [1.807, 2.05) is 25.1 Å². The Balaban J connectivity index is 2.71. The lowest BCUT2D eigenvalue weighted by molar-refractivity contribution is 0.0997. The number of aryl methyl sites for hydroxylation is 1. The van der Waals surface area contributed by atoms with Crippen molar-refractivity contribution in [3.8, 4) is 28.4 Å². The maximum Gasteiger partial charge on any atom is 0.252 e. The standard InChI is InChI=1S/C17H19NO4/c1-10-7-14(21-3)16(15(8-10)22-4)11-5-6-13(20-2)12(9-11)17(18)19/h5-9H,1-4H3,(H2,18,19). The molecule has 0 saturated carbocycles. The number of nitrogens with two attached hydrogens (primary N) is 1. The van der Waals surface area contributed by atoms with Gasteiger partial charge in [-0.1, -0.05) is 6.07 Å². The van der Waals surface area contributed by atoms with Crippen LogP contribution in [0.15, 0.2) is 30.3 Å². The average Bonchev–Trinajstić information content (AvgIpc) is 2.53. The smallest absolute Gasteiger partial charge is 0.252 e. The van der Waals surface area contributed by atoms with Crippen molar-refractivity contribution in [3.63, 3.8) is 0 Å². The van der Waals surface area contributed by atoms with E-state index < -0.39 is 5.91 Å². The minimum Gasteiger partial charge on any atom is -0.496 e. The first kappa shape index (κ1) is 15.7. The lowest BCUT2D eigenvalue weighted by Gasteiger charge is -2.16. The zero-order valence-electron chi connectivity index (χ0n) is 13.1. The summed E-state index contributed by atoms with van der Waals surface area (Å²) >= 11 is 0. The number of hydrogen-bond acceptors (Lipinski definition) is 4. The third-order valence-electron chi connectivity index (χ3n) is 3.40. The maximum absolute atomic E-state index is 11.6. The molecule has 2 N–H and O–H groups in total. The van der Waals surface area contributed by atoms with Crippen molar-refractivity contribution in [1.29, 1.82) is 0 Å². The van der Waals surface area contributed by atoms with Gasteiger partial charge < -0.3 is 19.9 Å². The Kier molecular flexibility index (Phi) is 4.56. The van der Waals surface area contributed by atoms with E-state index in [1.165, 1.54) is 7.11 Å². The summed E-state index contributed by atoms with van der Waals surface area (Å²) in [7, 11) is 4.68. The highest BCUT2D eigenvalue weighted by Gasteiger charge is 2.17. The van der Waals surface area contributed by atoms with Gasteiger partial charge in [-0.3, -0.25) is 4.79 Å². The van der Waals surface area contributed by atoms with Crippen molar-refractivity contribution in [2.45, 2.75) is 6.92 Å². The summed E-state index contributed by atoms with van der Waals surface area (Å²) in [5.74, 6) is 1.21. The fourth-order valence-corrected chi connectivity index (χ4v) is 2.38. The number of benzene rings is 2. The van der Waals surface area contributed by atoms with Gasteiger partial charge in [-0.05, 0) is 42.3 Å². The van der Waals surface area contributed by atoms with Gasteiger partial charge in [0.05, 0.1) is 32.5 Å². The molecule has 5 heteroatoms. The van der Waals surface area contributed by atoms with Crippen LogP contribution in [0.3, 0.4) is 0 Å². The lowest BCUT2D eigenvalue weighted by Crippen LogP contribution is -2.12. The van der Waals surface area contributed by atoms with Gasteiger partial charge in [-0.25, -0.2) is 0 Å². The average molecular weight is 301 g/mol. The number of hydrogen-bond donors (Lipinski definition) is 1. The van der Waals surface area contributed by atoms with Crippen molar-refractivity contribution in [1.82, 2.24) is 0 Å². The largest absolute Gasteiger partial charge is 0.496 e. The summed E-state index contributed by atoms with van der Waals surface area (Å²) in [5, 5.41) is 0. The predicted octanol–water partition coefficient (Wildman–Crippen LogP) is 2.79. The second-order valence-corrected chi connectivity index (χ2v) is 4.82. The van der Waals surface area contributed by atoms with Gasteiger partial charge in [-0.2, -0.15) is 0 Å². The number of carbonyl (C=O) groups is 1. The second-order valence-electron chi connectivity index (χ2n) is 4.82. The Morgan fingerprint density at radius 2 is 1.45 bits per heavy atom. The van der Waals surface area contributed by atoms with Crippen LogP contribution in [0, 0.1) is 6.92 Å². The van der Waals surface area contributed by atoms with Gasteiger partial charge >= 0.3 is 0 Å². The van der Waals surface area contributed by atoms with Crippen LogP contribution >= 0.6 is 0 Å². The van der Waals surface area contributed by atoms with E-state index in [1.54, 1.807) is 26.4 Å². The Hall–Kier alpha value is -2.69. The van der Waals surface area contributed by atoms with E-state index in [0.29, 0.717) is 22.8 Å². The number of primary amides is 1.